The number of rotatable bonds is 7. The quantitative estimate of drug-likeness (QED) is 0.0812. The molecule has 4 rings (SSSR count). The second-order valence-electron chi connectivity index (χ2n) is 17.6. The van der Waals surface area contributed by atoms with E-state index in [0.717, 1.165) is 10.4 Å². The SMILES string of the molecule is CC(C)(C)CN(Cc1csc(C(C)(C)C)c1Cl)C(=O)c1ccc2cc(OC(=O)c3ccc(N=C(NC(=O)OC(C)(C)C)NC(=O)OC(C)(C)C)cc3)ccc2n1. The van der Waals surface area contributed by atoms with Crippen molar-refractivity contribution in [1.29, 1.82) is 0 Å². The number of alkyl carbamates (subject to hydrolysis) is 2. The summed E-state index contributed by atoms with van der Waals surface area (Å²) in [5, 5.41) is 8.24. The third-order valence-electron chi connectivity index (χ3n) is 7.47. The maximum Gasteiger partial charge on any atom is 0.414 e. The predicted octanol–water partition coefficient (Wildman–Crippen LogP) is 10.2. The monoisotopic (exact) mass is 805 g/mol. The Morgan fingerprint density at radius 3 is 1.91 bits per heavy atom. The van der Waals surface area contributed by atoms with Crippen molar-refractivity contribution in [2.45, 2.75) is 106 Å². The van der Waals surface area contributed by atoms with E-state index >= 15 is 0 Å². The lowest BCUT2D eigenvalue weighted by Gasteiger charge is -2.30. The van der Waals surface area contributed by atoms with Gasteiger partial charge in [-0.15, -0.1) is 11.3 Å². The van der Waals surface area contributed by atoms with E-state index in [1.807, 2.05) is 5.38 Å². The van der Waals surface area contributed by atoms with Crippen molar-refractivity contribution in [3.63, 3.8) is 0 Å². The highest BCUT2D eigenvalue weighted by Crippen LogP contribution is 2.38. The first-order chi connectivity index (χ1) is 25.8. The van der Waals surface area contributed by atoms with Crippen molar-refractivity contribution in [1.82, 2.24) is 20.5 Å². The molecule has 2 heterocycles. The fraction of sp³-hybridized carbons (Fsp3) is 0.429. The molecule has 0 unspecified atom stereocenters. The molecule has 14 heteroatoms. The molecule has 0 aliphatic carbocycles. The van der Waals surface area contributed by atoms with Crippen LogP contribution >= 0.6 is 22.9 Å². The molecule has 4 aromatic rings. The third-order valence-corrected chi connectivity index (χ3v) is 9.47. The molecule has 12 nitrogen and oxygen atoms in total. The van der Waals surface area contributed by atoms with Gasteiger partial charge in [-0.1, -0.05) is 59.2 Å². The zero-order valence-corrected chi connectivity index (χ0v) is 35.7. The summed E-state index contributed by atoms with van der Waals surface area (Å²) in [6.07, 6.45) is -1.67. The molecule has 300 valence electrons. The number of benzene rings is 2. The lowest BCUT2D eigenvalue weighted by Crippen LogP contribution is -2.47. The average Bonchev–Trinajstić information content (AvgIpc) is 3.41. The van der Waals surface area contributed by atoms with E-state index in [1.165, 1.54) is 24.3 Å². The van der Waals surface area contributed by atoms with Gasteiger partial charge in [0.2, 0.25) is 5.96 Å². The number of fused-ring (bicyclic) bond motifs is 1. The molecular weight excluding hydrogens is 754 g/mol. The Kier molecular flexibility index (Phi) is 13.3. The third kappa shape index (κ3) is 13.0. The normalized spacial score (nSPS) is 12.1. The molecule has 0 spiro atoms. The van der Waals surface area contributed by atoms with E-state index in [-0.39, 0.29) is 34.0 Å². The minimum absolute atomic E-state index is 0.108. The van der Waals surface area contributed by atoms with Gasteiger partial charge in [-0.2, -0.15) is 0 Å². The number of esters is 1. The number of hydrogen-bond donors (Lipinski definition) is 2. The number of thiophene rings is 1. The van der Waals surface area contributed by atoms with Crippen molar-refractivity contribution in [2.24, 2.45) is 10.4 Å². The minimum Gasteiger partial charge on any atom is -0.444 e. The number of aliphatic imine (C=N–C) groups is 1. The maximum atomic E-state index is 13.9. The predicted molar refractivity (Wildman–Crippen MR) is 221 cm³/mol. The number of aromatic nitrogens is 1. The molecule has 0 atom stereocenters. The van der Waals surface area contributed by atoms with Crippen LogP contribution in [0.3, 0.4) is 0 Å². The van der Waals surface area contributed by atoms with Crippen LogP contribution in [0.15, 0.2) is 65.0 Å². The van der Waals surface area contributed by atoms with Crippen LogP contribution in [0.1, 0.15) is 114 Å². The Morgan fingerprint density at radius 2 is 1.39 bits per heavy atom. The van der Waals surface area contributed by atoms with Gasteiger partial charge in [-0.3, -0.25) is 15.4 Å². The second-order valence-corrected chi connectivity index (χ2v) is 18.8. The van der Waals surface area contributed by atoms with E-state index in [9.17, 15) is 19.2 Å². The Labute approximate surface area is 338 Å². The summed E-state index contributed by atoms with van der Waals surface area (Å²) in [5.74, 6) is -0.787. The molecule has 0 fully saturated rings. The molecule has 0 radical (unpaired) electrons. The Bertz CT molecular complexity index is 2090. The van der Waals surface area contributed by atoms with Crippen LogP contribution in [0.25, 0.3) is 10.9 Å². The van der Waals surface area contributed by atoms with E-state index in [0.29, 0.717) is 40.4 Å². The number of ether oxygens (including phenoxy) is 3. The molecule has 0 aliphatic heterocycles. The number of halogens is 1. The molecule has 0 bridgehead atoms. The van der Waals surface area contributed by atoms with Gasteiger partial charge in [0, 0.05) is 28.9 Å². The number of guanidine groups is 1. The minimum atomic E-state index is -0.836. The largest absolute Gasteiger partial charge is 0.444 e. The summed E-state index contributed by atoms with van der Waals surface area (Å²) >= 11 is 8.42. The number of pyridine rings is 1. The van der Waals surface area contributed by atoms with Gasteiger partial charge in [0.15, 0.2) is 0 Å². The summed E-state index contributed by atoms with van der Waals surface area (Å²) in [7, 11) is 0. The lowest BCUT2D eigenvalue weighted by atomic mass is 9.93. The average molecular weight is 806 g/mol. The van der Waals surface area contributed by atoms with Crippen molar-refractivity contribution in [3.05, 3.63) is 86.7 Å². The molecular formula is C42H52ClN5O7S. The van der Waals surface area contributed by atoms with Crippen molar-refractivity contribution >= 4 is 69.6 Å². The molecule has 0 aliphatic rings. The van der Waals surface area contributed by atoms with Crippen LogP contribution in [-0.2, 0) is 21.4 Å². The van der Waals surface area contributed by atoms with Gasteiger partial charge >= 0.3 is 18.2 Å². The number of hydrogen-bond acceptors (Lipinski definition) is 10. The van der Waals surface area contributed by atoms with Crippen LogP contribution in [0.2, 0.25) is 5.02 Å². The topological polar surface area (TPSA) is 149 Å². The zero-order valence-electron chi connectivity index (χ0n) is 34.2. The number of amides is 3. The first kappa shape index (κ1) is 43.7. The Balaban J connectivity index is 1.49. The van der Waals surface area contributed by atoms with Gasteiger partial charge in [0.1, 0.15) is 22.6 Å². The van der Waals surface area contributed by atoms with Crippen molar-refractivity contribution < 1.29 is 33.4 Å². The Hall–Kier alpha value is -5.01. The number of nitrogens with one attached hydrogen (secondary N) is 2. The van der Waals surface area contributed by atoms with Gasteiger partial charge in [0.05, 0.1) is 21.8 Å². The van der Waals surface area contributed by atoms with Crippen LogP contribution in [0.4, 0.5) is 15.3 Å². The summed E-state index contributed by atoms with van der Waals surface area (Å²) in [6.45, 7) is 23.6. The molecule has 2 aromatic carbocycles. The molecule has 3 amide bonds. The van der Waals surface area contributed by atoms with Crippen LogP contribution in [0, 0.1) is 5.41 Å². The number of nitrogens with zero attached hydrogens (tertiary/aromatic N) is 3. The highest BCUT2D eigenvalue weighted by atomic mass is 35.5. The van der Waals surface area contributed by atoms with Gasteiger partial charge in [-0.05, 0) is 106 Å². The molecule has 2 N–H and O–H groups in total. The molecule has 56 heavy (non-hydrogen) atoms. The van der Waals surface area contributed by atoms with Gasteiger partial charge in [0.25, 0.3) is 5.91 Å². The first-order valence-electron chi connectivity index (χ1n) is 18.1. The summed E-state index contributed by atoms with van der Waals surface area (Å²) in [5.41, 5.74) is 0.427. The van der Waals surface area contributed by atoms with Crippen LogP contribution in [-0.4, -0.2) is 57.7 Å². The number of carbonyl (C=O) groups excluding carboxylic acids is 4. The van der Waals surface area contributed by atoms with E-state index in [2.05, 4.69) is 62.2 Å². The van der Waals surface area contributed by atoms with Crippen LogP contribution in [0.5, 0.6) is 5.75 Å². The first-order valence-corrected chi connectivity index (χ1v) is 19.4. The molecule has 0 saturated heterocycles. The van der Waals surface area contributed by atoms with Gasteiger partial charge < -0.3 is 19.1 Å². The van der Waals surface area contributed by atoms with E-state index < -0.39 is 29.4 Å². The lowest BCUT2D eigenvalue weighted by molar-refractivity contribution is 0.0543. The molecule has 2 aromatic heterocycles. The standard InChI is InChI=1S/C42H52ClN5O7S/c1-39(2,3)24-48(22-27-23-56-33(32(27)43)40(4,5)6)34(49)31-19-15-26-21-29(18-20-30(26)45-31)53-35(50)25-13-16-28(17-14-25)44-36(46-37(51)54-41(7,8)9)47-38(52)55-42(10,11)12/h13-21,23H,22,24H2,1-12H3,(H2,44,46,47,51,52). The van der Waals surface area contributed by atoms with E-state index in [4.69, 9.17) is 25.8 Å². The highest BCUT2D eigenvalue weighted by Gasteiger charge is 2.28. The summed E-state index contributed by atoms with van der Waals surface area (Å²) in [4.78, 5) is 63.8. The van der Waals surface area contributed by atoms with Gasteiger partial charge in [-0.25, -0.2) is 24.4 Å². The fourth-order valence-electron chi connectivity index (χ4n) is 5.27. The number of carbonyl (C=O) groups is 4. The van der Waals surface area contributed by atoms with Crippen LogP contribution < -0.4 is 15.4 Å². The van der Waals surface area contributed by atoms with E-state index in [1.54, 1.807) is 88.1 Å². The summed E-state index contributed by atoms with van der Waals surface area (Å²) < 4.78 is 16.2. The molecule has 0 saturated carbocycles. The van der Waals surface area contributed by atoms with Crippen molar-refractivity contribution in [3.8, 4) is 5.75 Å². The fourth-order valence-corrected chi connectivity index (χ4v) is 6.91. The zero-order chi connectivity index (χ0) is 41.8. The van der Waals surface area contributed by atoms with Crippen molar-refractivity contribution in [2.75, 3.05) is 6.54 Å². The summed E-state index contributed by atoms with van der Waals surface area (Å²) in [6, 6.07) is 14.5. The Morgan fingerprint density at radius 1 is 0.804 bits per heavy atom. The second kappa shape index (κ2) is 17.0. The highest BCUT2D eigenvalue weighted by molar-refractivity contribution is 7.11. The maximum absolute atomic E-state index is 13.9. The smallest absolute Gasteiger partial charge is 0.414 e.